The Balaban J connectivity index is 2.16. The quantitative estimate of drug-likeness (QED) is 0.916. The molecule has 0 amide bonds. The number of fused-ring (bicyclic) bond motifs is 1. The maximum Gasteiger partial charge on any atom is 0.356 e. The topological polar surface area (TPSA) is 55.1 Å². The van der Waals surface area contributed by atoms with Gasteiger partial charge in [-0.2, -0.15) is 0 Å². The molecule has 100 valence electrons. The smallest absolute Gasteiger partial charge is 0.356 e. The van der Waals surface area contributed by atoms with Crippen molar-refractivity contribution in [3.63, 3.8) is 0 Å². The minimum Gasteiger partial charge on any atom is -0.476 e. The van der Waals surface area contributed by atoms with E-state index in [0.717, 1.165) is 35.8 Å². The van der Waals surface area contributed by atoms with Crippen molar-refractivity contribution in [2.75, 3.05) is 0 Å². The van der Waals surface area contributed by atoms with E-state index in [1.807, 2.05) is 12.1 Å². The number of thiophene rings is 1. The summed E-state index contributed by atoms with van der Waals surface area (Å²) >= 11 is 1.66. The lowest BCUT2D eigenvalue weighted by Gasteiger charge is -2.22. The van der Waals surface area contributed by atoms with Crippen LogP contribution in [0.5, 0.6) is 0 Å². The van der Waals surface area contributed by atoms with E-state index < -0.39 is 5.97 Å². The van der Waals surface area contributed by atoms with E-state index in [-0.39, 0.29) is 5.69 Å². The largest absolute Gasteiger partial charge is 0.476 e. The first-order valence-electron chi connectivity index (χ1n) is 6.45. The van der Waals surface area contributed by atoms with Crippen LogP contribution in [0.2, 0.25) is 0 Å². The molecule has 1 aliphatic heterocycles. The highest BCUT2D eigenvalue weighted by atomic mass is 32.1. The highest BCUT2D eigenvalue weighted by Crippen LogP contribution is 2.33. The van der Waals surface area contributed by atoms with Crippen molar-refractivity contribution in [2.24, 2.45) is 5.92 Å². The maximum atomic E-state index is 11.4. The second-order valence-electron chi connectivity index (χ2n) is 5.20. The van der Waals surface area contributed by atoms with E-state index in [9.17, 15) is 9.90 Å². The van der Waals surface area contributed by atoms with Gasteiger partial charge in [-0.15, -0.1) is 11.3 Å². The Hall–Kier alpha value is -1.62. The number of carbonyl (C=O) groups is 1. The summed E-state index contributed by atoms with van der Waals surface area (Å²) in [5.74, 6) is 0.426. The molecule has 0 saturated heterocycles. The van der Waals surface area contributed by atoms with Crippen LogP contribution in [-0.2, 0) is 13.0 Å². The number of carboxylic acids is 1. The second kappa shape index (κ2) is 4.49. The van der Waals surface area contributed by atoms with E-state index in [2.05, 4.69) is 23.4 Å². The summed E-state index contributed by atoms with van der Waals surface area (Å²) < 4.78 is 2.09. The number of hydrogen-bond acceptors (Lipinski definition) is 3. The van der Waals surface area contributed by atoms with Gasteiger partial charge in [-0.3, -0.25) is 0 Å². The number of hydrogen-bond donors (Lipinski definition) is 1. The molecule has 4 nitrogen and oxygen atoms in total. The summed E-state index contributed by atoms with van der Waals surface area (Å²) in [5.41, 5.74) is 1.11. The third kappa shape index (κ3) is 2.08. The average Bonchev–Trinajstić information content (AvgIpc) is 2.92. The summed E-state index contributed by atoms with van der Waals surface area (Å²) in [5, 5.41) is 9.32. The second-order valence-corrected chi connectivity index (χ2v) is 6.48. The van der Waals surface area contributed by atoms with Crippen LogP contribution in [0, 0.1) is 12.8 Å². The first-order valence-corrected chi connectivity index (χ1v) is 7.27. The van der Waals surface area contributed by atoms with Gasteiger partial charge in [0.15, 0.2) is 11.5 Å². The van der Waals surface area contributed by atoms with Crippen molar-refractivity contribution in [2.45, 2.75) is 33.2 Å². The molecule has 19 heavy (non-hydrogen) atoms. The molecule has 0 radical (unpaired) electrons. The zero-order valence-electron chi connectivity index (χ0n) is 11.0. The van der Waals surface area contributed by atoms with Crippen LogP contribution in [0.25, 0.3) is 10.7 Å². The lowest BCUT2D eigenvalue weighted by atomic mass is 9.97. The van der Waals surface area contributed by atoms with E-state index in [1.54, 1.807) is 11.3 Å². The average molecular weight is 276 g/mol. The molecule has 0 spiro atoms. The van der Waals surface area contributed by atoms with Gasteiger partial charge >= 0.3 is 5.97 Å². The van der Waals surface area contributed by atoms with Gasteiger partial charge in [0.2, 0.25) is 0 Å². The minimum absolute atomic E-state index is 0.229. The normalized spacial score (nSPS) is 18.3. The fourth-order valence-corrected chi connectivity index (χ4v) is 3.50. The Morgan fingerprint density at radius 1 is 1.53 bits per heavy atom. The minimum atomic E-state index is -0.919. The molecule has 1 aliphatic rings. The zero-order chi connectivity index (χ0) is 13.6. The Morgan fingerprint density at radius 3 is 2.95 bits per heavy atom. The summed E-state index contributed by atoms with van der Waals surface area (Å²) in [6.07, 6.45) is 1.89. The lowest BCUT2D eigenvalue weighted by Crippen LogP contribution is -2.19. The molecule has 2 aromatic heterocycles. The monoisotopic (exact) mass is 276 g/mol. The number of imidazole rings is 1. The van der Waals surface area contributed by atoms with Gasteiger partial charge in [-0.25, -0.2) is 9.78 Å². The molecular formula is C14H16N2O2S. The van der Waals surface area contributed by atoms with Gasteiger partial charge < -0.3 is 9.67 Å². The number of aromatic nitrogens is 2. The summed E-state index contributed by atoms with van der Waals surface area (Å²) in [4.78, 5) is 18.0. The van der Waals surface area contributed by atoms with Crippen molar-refractivity contribution >= 4 is 17.3 Å². The predicted octanol–water partition coefficient (Wildman–Crippen LogP) is 3.20. The SMILES string of the molecule is Cc1ccc(-c2nc(C(=O)O)c3n2CCC(C)C3)s1. The van der Waals surface area contributed by atoms with Crippen molar-refractivity contribution in [3.8, 4) is 10.7 Å². The lowest BCUT2D eigenvalue weighted by molar-refractivity contribution is 0.0689. The van der Waals surface area contributed by atoms with E-state index in [0.29, 0.717) is 5.92 Å². The molecule has 3 rings (SSSR count). The molecular weight excluding hydrogens is 260 g/mol. The summed E-state index contributed by atoms with van der Waals surface area (Å²) in [6.45, 7) is 5.08. The van der Waals surface area contributed by atoms with E-state index in [1.165, 1.54) is 4.88 Å². The molecule has 0 fully saturated rings. The van der Waals surface area contributed by atoms with Gasteiger partial charge in [0.1, 0.15) is 0 Å². The molecule has 1 atom stereocenters. The molecule has 2 aromatic rings. The standard InChI is InChI=1S/C14H16N2O2S/c1-8-5-6-16-10(7-8)12(14(17)18)15-13(16)11-4-3-9(2)19-11/h3-4,8H,5-7H2,1-2H3,(H,17,18). The van der Waals surface area contributed by atoms with Crippen molar-refractivity contribution in [1.29, 1.82) is 0 Å². The maximum absolute atomic E-state index is 11.4. The molecule has 0 aliphatic carbocycles. The van der Waals surface area contributed by atoms with E-state index >= 15 is 0 Å². The molecule has 1 N–H and O–H groups in total. The third-order valence-corrected chi connectivity index (χ3v) is 4.62. The zero-order valence-corrected chi connectivity index (χ0v) is 11.8. The van der Waals surface area contributed by atoms with Gasteiger partial charge in [0.05, 0.1) is 10.6 Å². The van der Waals surface area contributed by atoms with Gasteiger partial charge in [-0.05, 0) is 37.8 Å². The van der Waals surface area contributed by atoms with Gasteiger partial charge in [-0.1, -0.05) is 6.92 Å². The van der Waals surface area contributed by atoms with Crippen LogP contribution in [0.15, 0.2) is 12.1 Å². The molecule has 0 aromatic carbocycles. The van der Waals surface area contributed by atoms with E-state index in [4.69, 9.17) is 0 Å². The van der Waals surface area contributed by atoms with Crippen LogP contribution < -0.4 is 0 Å². The van der Waals surface area contributed by atoms with Crippen molar-refractivity contribution in [3.05, 3.63) is 28.4 Å². The fraction of sp³-hybridized carbons (Fsp3) is 0.429. The molecule has 0 saturated carbocycles. The Morgan fingerprint density at radius 2 is 2.32 bits per heavy atom. The Bertz CT molecular complexity index is 642. The molecule has 3 heterocycles. The summed E-state index contributed by atoms with van der Waals surface area (Å²) in [7, 11) is 0. The number of aryl methyl sites for hydroxylation is 1. The predicted molar refractivity (Wildman–Crippen MR) is 74.7 cm³/mol. The first kappa shape index (κ1) is 12.4. The molecule has 5 heteroatoms. The first-order chi connectivity index (χ1) is 9.06. The van der Waals surface area contributed by atoms with Crippen LogP contribution in [0.1, 0.15) is 34.4 Å². The van der Waals surface area contributed by atoms with Gasteiger partial charge in [0, 0.05) is 11.4 Å². The number of aromatic carboxylic acids is 1. The van der Waals surface area contributed by atoms with Crippen molar-refractivity contribution < 1.29 is 9.90 Å². The van der Waals surface area contributed by atoms with Crippen LogP contribution in [-0.4, -0.2) is 20.6 Å². The third-order valence-electron chi connectivity index (χ3n) is 3.62. The number of nitrogens with zero attached hydrogens (tertiary/aromatic N) is 2. The summed E-state index contributed by atoms with van der Waals surface area (Å²) in [6, 6.07) is 4.08. The van der Waals surface area contributed by atoms with Gasteiger partial charge in [0.25, 0.3) is 0 Å². The molecule has 1 unspecified atom stereocenters. The van der Waals surface area contributed by atoms with Crippen LogP contribution in [0.4, 0.5) is 0 Å². The highest BCUT2D eigenvalue weighted by molar-refractivity contribution is 7.15. The Labute approximate surface area is 115 Å². The Kier molecular flexibility index (Phi) is 2.93. The van der Waals surface area contributed by atoms with Crippen LogP contribution >= 0.6 is 11.3 Å². The number of carboxylic acid groups (broad SMARTS) is 1. The fourth-order valence-electron chi connectivity index (χ4n) is 2.63. The number of rotatable bonds is 2. The van der Waals surface area contributed by atoms with Crippen molar-refractivity contribution in [1.82, 2.24) is 9.55 Å². The highest BCUT2D eigenvalue weighted by Gasteiger charge is 2.27. The molecule has 0 bridgehead atoms. The van der Waals surface area contributed by atoms with Crippen LogP contribution in [0.3, 0.4) is 0 Å².